The molecular weight excluding hydrogens is 442 g/mol. The van der Waals surface area contributed by atoms with Crippen LogP contribution in [0.3, 0.4) is 0 Å². The molecule has 0 unspecified atom stereocenters. The number of carbonyl (C=O) groups excluding carboxylic acids is 2. The third kappa shape index (κ3) is 5.91. The largest absolute Gasteiger partial charge is 0.462 e. The van der Waals surface area contributed by atoms with Crippen LogP contribution in [0.15, 0.2) is 35.2 Å². The monoisotopic (exact) mass is 473 g/mol. The van der Waals surface area contributed by atoms with Gasteiger partial charge in [-0.1, -0.05) is 12.1 Å². The molecule has 0 aliphatic heterocycles. The summed E-state index contributed by atoms with van der Waals surface area (Å²) in [6.45, 7) is 8.74. The zero-order valence-electron chi connectivity index (χ0n) is 19.5. The fourth-order valence-electron chi connectivity index (χ4n) is 3.73. The van der Waals surface area contributed by atoms with E-state index in [4.69, 9.17) is 4.74 Å². The Bertz CT molecular complexity index is 1160. The van der Waals surface area contributed by atoms with Crippen LogP contribution in [-0.2, 0) is 32.6 Å². The van der Waals surface area contributed by atoms with Gasteiger partial charge in [0.25, 0.3) is 0 Å². The normalized spacial score (nSPS) is 13.9. The van der Waals surface area contributed by atoms with Crippen LogP contribution in [0.25, 0.3) is 6.08 Å². The van der Waals surface area contributed by atoms with Crippen molar-refractivity contribution in [2.24, 2.45) is 0 Å². The summed E-state index contributed by atoms with van der Waals surface area (Å²) in [6.07, 6.45) is 4.78. The highest BCUT2D eigenvalue weighted by Crippen LogP contribution is 2.25. The van der Waals surface area contributed by atoms with Gasteiger partial charge in [-0.3, -0.25) is 4.79 Å². The average Bonchev–Trinajstić information content (AvgIpc) is 3.54. The topological polar surface area (TPSA) is 106 Å². The molecule has 9 heteroatoms. The molecule has 2 aromatic rings. The summed E-state index contributed by atoms with van der Waals surface area (Å²) in [5.41, 5.74) is 3.61. The standard InChI is InChI=1S/C24H31N3O5S/c1-5-27-16(3)21(23(17(27)4)24(29)32-6-2)13-14-22(28)25-15-18-7-11-20(12-8-18)33(30,31)26-19-9-10-19/h7-8,11-14,19,26H,5-6,9-10,15H2,1-4H3,(H,25,28)/b14-13+. The van der Waals surface area contributed by atoms with Crippen LogP contribution in [0, 0.1) is 13.8 Å². The predicted molar refractivity (Wildman–Crippen MR) is 126 cm³/mol. The molecule has 0 spiro atoms. The number of ether oxygens (including phenoxy) is 1. The van der Waals surface area contributed by atoms with E-state index in [0.29, 0.717) is 17.7 Å². The summed E-state index contributed by atoms with van der Waals surface area (Å²) < 4.78 is 34.3. The van der Waals surface area contributed by atoms with Gasteiger partial charge in [-0.25, -0.2) is 17.9 Å². The van der Waals surface area contributed by atoms with Crippen LogP contribution in [0.1, 0.15) is 59.6 Å². The van der Waals surface area contributed by atoms with Crippen LogP contribution < -0.4 is 10.0 Å². The van der Waals surface area contributed by atoms with Gasteiger partial charge >= 0.3 is 5.97 Å². The average molecular weight is 474 g/mol. The summed E-state index contributed by atoms with van der Waals surface area (Å²) >= 11 is 0. The van der Waals surface area contributed by atoms with Gasteiger partial charge in [0, 0.05) is 42.2 Å². The highest BCUT2D eigenvalue weighted by atomic mass is 32.2. The molecule has 0 saturated heterocycles. The smallest absolute Gasteiger partial charge is 0.340 e. The molecule has 1 aromatic carbocycles. The molecule has 2 N–H and O–H groups in total. The fraction of sp³-hybridized carbons (Fsp3) is 0.417. The SMILES string of the molecule is CCOC(=O)c1c(/C=C/C(=O)NCc2ccc(S(=O)(=O)NC3CC3)cc2)c(C)n(CC)c1C. The van der Waals surface area contributed by atoms with E-state index in [1.807, 2.05) is 25.3 Å². The van der Waals surface area contributed by atoms with E-state index in [0.717, 1.165) is 29.8 Å². The van der Waals surface area contributed by atoms with E-state index < -0.39 is 16.0 Å². The Hall–Kier alpha value is -2.91. The summed E-state index contributed by atoms with van der Waals surface area (Å²) in [4.78, 5) is 25.1. The maximum absolute atomic E-state index is 12.5. The van der Waals surface area contributed by atoms with Crippen molar-refractivity contribution in [3.05, 3.63) is 58.4 Å². The zero-order chi connectivity index (χ0) is 24.2. The molecule has 1 fully saturated rings. The number of esters is 1. The van der Waals surface area contributed by atoms with Crippen molar-refractivity contribution in [3.63, 3.8) is 0 Å². The Morgan fingerprint density at radius 1 is 1.12 bits per heavy atom. The molecule has 0 atom stereocenters. The quantitative estimate of drug-likeness (QED) is 0.407. The summed E-state index contributed by atoms with van der Waals surface area (Å²) in [5.74, 6) is -0.727. The van der Waals surface area contributed by atoms with Crippen LogP contribution in [0.5, 0.6) is 0 Å². The Labute approximate surface area is 195 Å². The molecule has 1 aliphatic rings. The molecule has 1 amide bonds. The number of amides is 1. The minimum atomic E-state index is -3.50. The first-order valence-corrected chi connectivity index (χ1v) is 12.6. The van der Waals surface area contributed by atoms with Crippen LogP contribution in [0.4, 0.5) is 0 Å². The lowest BCUT2D eigenvalue weighted by molar-refractivity contribution is -0.116. The van der Waals surface area contributed by atoms with Crippen molar-refractivity contribution in [1.82, 2.24) is 14.6 Å². The van der Waals surface area contributed by atoms with Crippen LogP contribution >= 0.6 is 0 Å². The Kier molecular flexibility index (Phi) is 7.76. The van der Waals surface area contributed by atoms with Gasteiger partial charge < -0.3 is 14.6 Å². The van der Waals surface area contributed by atoms with Crippen molar-refractivity contribution in [3.8, 4) is 0 Å². The fourth-order valence-corrected chi connectivity index (χ4v) is 5.03. The molecule has 178 valence electrons. The molecule has 0 bridgehead atoms. The van der Waals surface area contributed by atoms with E-state index in [1.165, 1.54) is 18.2 Å². The number of nitrogens with zero attached hydrogens (tertiary/aromatic N) is 1. The molecule has 0 radical (unpaired) electrons. The first-order chi connectivity index (χ1) is 15.7. The van der Waals surface area contributed by atoms with E-state index in [1.54, 1.807) is 25.1 Å². The lowest BCUT2D eigenvalue weighted by Crippen LogP contribution is -2.25. The van der Waals surface area contributed by atoms with Crippen LogP contribution in [-0.4, -0.2) is 37.5 Å². The van der Waals surface area contributed by atoms with Crippen molar-refractivity contribution in [2.75, 3.05) is 6.61 Å². The predicted octanol–water partition coefficient (Wildman–Crippen LogP) is 3.07. The van der Waals surface area contributed by atoms with Gasteiger partial charge in [0.2, 0.25) is 15.9 Å². The number of sulfonamides is 1. The Morgan fingerprint density at radius 2 is 1.79 bits per heavy atom. The Balaban J connectivity index is 1.66. The number of rotatable bonds is 10. The number of nitrogens with one attached hydrogen (secondary N) is 2. The molecule has 33 heavy (non-hydrogen) atoms. The maximum atomic E-state index is 12.5. The summed E-state index contributed by atoms with van der Waals surface area (Å²) in [6, 6.07) is 6.48. The van der Waals surface area contributed by atoms with E-state index >= 15 is 0 Å². The molecular formula is C24H31N3O5S. The van der Waals surface area contributed by atoms with Crippen molar-refractivity contribution < 1.29 is 22.7 Å². The third-order valence-electron chi connectivity index (χ3n) is 5.63. The maximum Gasteiger partial charge on any atom is 0.340 e. The first-order valence-electron chi connectivity index (χ1n) is 11.1. The minimum Gasteiger partial charge on any atom is -0.462 e. The lowest BCUT2D eigenvalue weighted by atomic mass is 10.1. The number of benzene rings is 1. The lowest BCUT2D eigenvalue weighted by Gasteiger charge is -2.07. The highest BCUT2D eigenvalue weighted by molar-refractivity contribution is 7.89. The van der Waals surface area contributed by atoms with E-state index in [-0.39, 0.29) is 30.0 Å². The number of hydrogen-bond donors (Lipinski definition) is 2. The molecule has 1 aromatic heterocycles. The van der Waals surface area contributed by atoms with Crippen molar-refractivity contribution in [1.29, 1.82) is 0 Å². The number of carbonyl (C=O) groups is 2. The van der Waals surface area contributed by atoms with Gasteiger partial charge in [-0.15, -0.1) is 0 Å². The summed E-state index contributed by atoms with van der Waals surface area (Å²) in [7, 11) is -3.50. The minimum absolute atomic E-state index is 0.0479. The second-order valence-electron chi connectivity index (χ2n) is 8.01. The van der Waals surface area contributed by atoms with Crippen molar-refractivity contribution >= 4 is 28.0 Å². The second kappa shape index (κ2) is 10.4. The molecule has 1 heterocycles. The van der Waals surface area contributed by atoms with Crippen LogP contribution in [0.2, 0.25) is 0 Å². The van der Waals surface area contributed by atoms with Gasteiger partial charge in [-0.05, 0) is 64.3 Å². The van der Waals surface area contributed by atoms with E-state index in [2.05, 4.69) is 10.0 Å². The van der Waals surface area contributed by atoms with Gasteiger partial charge in [0.05, 0.1) is 17.1 Å². The molecule has 3 rings (SSSR count). The molecule has 8 nitrogen and oxygen atoms in total. The highest BCUT2D eigenvalue weighted by Gasteiger charge is 2.27. The van der Waals surface area contributed by atoms with Gasteiger partial charge in [-0.2, -0.15) is 0 Å². The Morgan fingerprint density at radius 3 is 2.36 bits per heavy atom. The number of hydrogen-bond acceptors (Lipinski definition) is 5. The van der Waals surface area contributed by atoms with Crippen molar-refractivity contribution in [2.45, 2.75) is 64.6 Å². The number of aromatic nitrogens is 1. The van der Waals surface area contributed by atoms with Gasteiger partial charge in [0.15, 0.2) is 0 Å². The second-order valence-corrected chi connectivity index (χ2v) is 9.73. The molecule has 1 saturated carbocycles. The van der Waals surface area contributed by atoms with Gasteiger partial charge in [0.1, 0.15) is 0 Å². The zero-order valence-corrected chi connectivity index (χ0v) is 20.3. The summed E-state index contributed by atoms with van der Waals surface area (Å²) in [5, 5.41) is 2.78. The first kappa shape index (κ1) is 24.7. The third-order valence-corrected chi connectivity index (χ3v) is 7.16. The van der Waals surface area contributed by atoms with E-state index in [9.17, 15) is 18.0 Å². The molecule has 1 aliphatic carbocycles.